The second-order valence-electron chi connectivity index (χ2n) is 2.62. The van der Waals surface area contributed by atoms with Gasteiger partial charge in [0.05, 0.1) is 13.3 Å². The molecule has 14 heavy (non-hydrogen) atoms. The maximum Gasteiger partial charge on any atom is 0.142 e. The van der Waals surface area contributed by atoms with Gasteiger partial charge in [0.2, 0.25) is 0 Å². The van der Waals surface area contributed by atoms with E-state index in [1.54, 1.807) is 13.2 Å². The van der Waals surface area contributed by atoms with Crippen molar-refractivity contribution in [3.05, 3.63) is 42.5 Å². The van der Waals surface area contributed by atoms with Gasteiger partial charge in [0, 0.05) is 0 Å². The molecule has 0 spiro atoms. The highest BCUT2D eigenvalue weighted by molar-refractivity contribution is 5.69. The number of hydrogen-bond acceptors (Lipinski definition) is 3. The molecule has 0 aliphatic rings. The molecule has 0 heterocycles. The summed E-state index contributed by atoms with van der Waals surface area (Å²) in [7, 11) is 1.63. The predicted molar refractivity (Wildman–Crippen MR) is 56.5 cm³/mol. The van der Waals surface area contributed by atoms with Crippen molar-refractivity contribution < 1.29 is 9.57 Å². The van der Waals surface area contributed by atoms with Crippen molar-refractivity contribution in [1.82, 2.24) is 0 Å². The highest BCUT2D eigenvalue weighted by Gasteiger charge is 1.94. The van der Waals surface area contributed by atoms with E-state index in [-0.39, 0.29) is 0 Å². The van der Waals surface area contributed by atoms with Gasteiger partial charge >= 0.3 is 0 Å². The second-order valence-corrected chi connectivity index (χ2v) is 2.62. The second kappa shape index (κ2) is 5.80. The molecule has 74 valence electrons. The Hall–Kier alpha value is -1.77. The highest BCUT2D eigenvalue weighted by Crippen LogP contribution is 2.12. The molecule has 0 unspecified atom stereocenters. The lowest BCUT2D eigenvalue weighted by Gasteiger charge is -2.02. The van der Waals surface area contributed by atoms with Crippen LogP contribution < -0.4 is 4.74 Å². The summed E-state index contributed by atoms with van der Waals surface area (Å²) in [6, 6.07) is 7.65. The predicted octanol–water partition coefficient (Wildman–Crippen LogP) is 2.38. The molecule has 0 atom stereocenters. The summed E-state index contributed by atoms with van der Waals surface area (Å²) >= 11 is 0. The van der Waals surface area contributed by atoms with E-state index in [4.69, 9.17) is 9.57 Å². The average Bonchev–Trinajstić information content (AvgIpc) is 2.25. The summed E-state index contributed by atoms with van der Waals surface area (Å²) in [6.45, 7) is 3.92. The number of nitrogens with zero attached hydrogens (tertiary/aromatic N) is 1. The van der Waals surface area contributed by atoms with Crippen molar-refractivity contribution >= 4 is 6.21 Å². The average molecular weight is 191 g/mol. The van der Waals surface area contributed by atoms with E-state index in [1.807, 2.05) is 24.3 Å². The Morgan fingerprint density at radius 3 is 3.07 bits per heavy atom. The molecular weight excluding hydrogens is 178 g/mol. The topological polar surface area (TPSA) is 30.8 Å². The smallest absolute Gasteiger partial charge is 0.142 e. The van der Waals surface area contributed by atoms with E-state index in [1.165, 1.54) is 6.21 Å². The molecule has 0 saturated carbocycles. The number of rotatable bonds is 5. The van der Waals surface area contributed by atoms with Gasteiger partial charge in [-0.3, -0.25) is 0 Å². The van der Waals surface area contributed by atoms with Gasteiger partial charge in [-0.15, -0.1) is 0 Å². The van der Waals surface area contributed by atoms with Crippen molar-refractivity contribution in [1.29, 1.82) is 0 Å². The summed E-state index contributed by atoms with van der Waals surface area (Å²) in [6.07, 6.45) is 3.06. The number of oxime groups is 1. The molecule has 0 aromatic heterocycles. The van der Waals surface area contributed by atoms with Crippen LogP contribution in [0.4, 0.5) is 0 Å². The van der Waals surface area contributed by atoms with Gasteiger partial charge in [0.25, 0.3) is 0 Å². The van der Waals surface area contributed by atoms with Crippen LogP contribution in [0.1, 0.15) is 5.56 Å². The van der Waals surface area contributed by atoms with Crippen LogP contribution in [0.2, 0.25) is 0 Å². The molecule has 0 aliphatic heterocycles. The van der Waals surface area contributed by atoms with E-state index in [0.29, 0.717) is 6.61 Å². The van der Waals surface area contributed by atoms with Crippen molar-refractivity contribution in [2.45, 2.75) is 6.61 Å². The van der Waals surface area contributed by atoms with Crippen LogP contribution in [0.3, 0.4) is 0 Å². The molecule has 1 rings (SSSR count). The van der Waals surface area contributed by atoms with Crippen LogP contribution in [-0.2, 0) is 11.4 Å². The van der Waals surface area contributed by atoms with Crippen LogP contribution in [0.5, 0.6) is 5.75 Å². The molecule has 1 aromatic carbocycles. The number of benzene rings is 1. The normalized spacial score (nSPS) is 10.1. The zero-order valence-corrected chi connectivity index (χ0v) is 8.14. The zero-order valence-electron chi connectivity index (χ0n) is 8.14. The van der Waals surface area contributed by atoms with Crippen LogP contribution in [-0.4, -0.2) is 13.3 Å². The van der Waals surface area contributed by atoms with E-state index >= 15 is 0 Å². The van der Waals surface area contributed by atoms with E-state index in [2.05, 4.69) is 11.7 Å². The molecule has 0 amide bonds. The fourth-order valence-corrected chi connectivity index (χ4v) is 0.960. The lowest BCUT2D eigenvalue weighted by Crippen LogP contribution is -1.89. The van der Waals surface area contributed by atoms with Crippen LogP contribution in [0, 0.1) is 0 Å². The third-order valence-corrected chi connectivity index (χ3v) is 1.61. The summed E-state index contributed by atoms with van der Waals surface area (Å²) in [5.74, 6) is 0.818. The van der Waals surface area contributed by atoms with Gasteiger partial charge in [-0.25, -0.2) is 0 Å². The lowest BCUT2D eigenvalue weighted by molar-refractivity contribution is 0.132. The first-order valence-electron chi connectivity index (χ1n) is 4.26. The molecule has 0 radical (unpaired) electrons. The molecule has 3 nitrogen and oxygen atoms in total. The number of ether oxygens (including phenoxy) is 1. The maximum absolute atomic E-state index is 5.07. The van der Waals surface area contributed by atoms with E-state index < -0.39 is 0 Å². The Bertz CT molecular complexity index is 321. The highest BCUT2D eigenvalue weighted by atomic mass is 16.6. The van der Waals surface area contributed by atoms with Crippen molar-refractivity contribution in [2.75, 3.05) is 7.11 Å². The zero-order chi connectivity index (χ0) is 10.2. The molecular formula is C11H13NO2. The molecule has 0 N–H and O–H groups in total. The third-order valence-electron chi connectivity index (χ3n) is 1.61. The van der Waals surface area contributed by atoms with Crippen molar-refractivity contribution in [2.24, 2.45) is 5.16 Å². The fraction of sp³-hybridized carbons (Fsp3) is 0.182. The Morgan fingerprint density at radius 1 is 1.50 bits per heavy atom. The Labute approximate surface area is 83.6 Å². The minimum absolute atomic E-state index is 0.432. The van der Waals surface area contributed by atoms with Gasteiger partial charge in [0.15, 0.2) is 0 Å². The van der Waals surface area contributed by atoms with Gasteiger partial charge in [0.1, 0.15) is 12.4 Å². The van der Waals surface area contributed by atoms with Gasteiger partial charge in [-0.2, -0.15) is 0 Å². The maximum atomic E-state index is 5.07. The van der Waals surface area contributed by atoms with Crippen molar-refractivity contribution in [3.63, 3.8) is 0 Å². The molecule has 3 heteroatoms. The number of hydrogen-bond donors (Lipinski definition) is 0. The van der Waals surface area contributed by atoms with E-state index in [0.717, 1.165) is 11.3 Å². The quantitative estimate of drug-likeness (QED) is 0.528. The van der Waals surface area contributed by atoms with Crippen LogP contribution in [0.15, 0.2) is 42.1 Å². The third kappa shape index (κ3) is 3.31. The molecule has 0 bridgehead atoms. The molecule has 0 fully saturated rings. The lowest BCUT2D eigenvalue weighted by atomic mass is 10.2. The number of methoxy groups -OCH3 is 1. The standard InChI is InChI=1S/C11H13NO2/c1-3-7-12-14-9-10-5-4-6-11(8-10)13-2/h3-8H,1,9H2,2H3/b12-7+. The minimum atomic E-state index is 0.432. The molecule has 0 saturated heterocycles. The first-order valence-corrected chi connectivity index (χ1v) is 4.26. The Kier molecular flexibility index (Phi) is 4.27. The Balaban J connectivity index is 2.49. The molecule has 0 aliphatic carbocycles. The summed E-state index contributed by atoms with van der Waals surface area (Å²) < 4.78 is 5.07. The SMILES string of the molecule is C=C/C=N/OCc1cccc(OC)c1. The van der Waals surface area contributed by atoms with Crippen LogP contribution >= 0.6 is 0 Å². The largest absolute Gasteiger partial charge is 0.497 e. The van der Waals surface area contributed by atoms with Crippen LogP contribution in [0.25, 0.3) is 0 Å². The monoisotopic (exact) mass is 191 g/mol. The fourth-order valence-electron chi connectivity index (χ4n) is 0.960. The van der Waals surface area contributed by atoms with Gasteiger partial charge in [-0.05, 0) is 23.8 Å². The van der Waals surface area contributed by atoms with Gasteiger partial charge < -0.3 is 9.57 Å². The van der Waals surface area contributed by atoms with E-state index in [9.17, 15) is 0 Å². The first-order chi connectivity index (χ1) is 6.86. The summed E-state index contributed by atoms with van der Waals surface area (Å²) in [5, 5.41) is 3.66. The summed E-state index contributed by atoms with van der Waals surface area (Å²) in [5.41, 5.74) is 1.02. The summed E-state index contributed by atoms with van der Waals surface area (Å²) in [4.78, 5) is 5.00. The Morgan fingerprint density at radius 2 is 2.36 bits per heavy atom. The minimum Gasteiger partial charge on any atom is -0.497 e. The van der Waals surface area contributed by atoms with Gasteiger partial charge in [-0.1, -0.05) is 23.9 Å². The number of allylic oxidation sites excluding steroid dienone is 1. The van der Waals surface area contributed by atoms with Crippen molar-refractivity contribution in [3.8, 4) is 5.75 Å². The first kappa shape index (κ1) is 10.3. The molecule has 1 aromatic rings.